The van der Waals surface area contributed by atoms with Gasteiger partial charge >= 0.3 is 0 Å². The number of carbonyl (C=O) groups is 1. The number of fused-ring (bicyclic) bond motifs is 1. The molecule has 0 bridgehead atoms. The van der Waals surface area contributed by atoms with E-state index in [1.807, 2.05) is 4.90 Å². The normalized spacial score (nSPS) is 15.2. The number of rotatable bonds is 4. The van der Waals surface area contributed by atoms with E-state index in [0.29, 0.717) is 43.1 Å². The molecule has 1 amide bonds. The lowest BCUT2D eigenvalue weighted by Gasteiger charge is -2.25. The molecule has 3 heterocycles. The number of halogens is 2. The number of aromatic nitrogens is 3. The van der Waals surface area contributed by atoms with Crippen LogP contribution in [-0.4, -0.2) is 58.3 Å². The first kappa shape index (κ1) is 17.5. The summed E-state index contributed by atoms with van der Waals surface area (Å²) >= 11 is 0. The average Bonchev–Trinajstić information content (AvgIpc) is 3.02. The number of benzene rings is 1. The number of carbonyl (C=O) groups excluding carboxylic acids is 1. The lowest BCUT2D eigenvalue weighted by Crippen LogP contribution is -2.41. The first-order valence-corrected chi connectivity index (χ1v) is 8.50. The van der Waals surface area contributed by atoms with Gasteiger partial charge in [-0.05, 0) is 29.8 Å². The zero-order valence-electron chi connectivity index (χ0n) is 14.4. The highest BCUT2D eigenvalue weighted by Crippen LogP contribution is 2.22. The van der Waals surface area contributed by atoms with Crippen LogP contribution < -0.4 is 5.32 Å². The molecule has 0 spiro atoms. The first-order valence-electron chi connectivity index (χ1n) is 8.50. The van der Waals surface area contributed by atoms with Gasteiger partial charge in [0.1, 0.15) is 11.6 Å². The van der Waals surface area contributed by atoms with Crippen LogP contribution in [0.25, 0.3) is 16.8 Å². The number of hydrogen-bond donors (Lipinski definition) is 1. The maximum absolute atomic E-state index is 13.4. The SMILES string of the molecule is O=C(CN1CCOCC1)Nc1nc2ccc(-c3cc(F)cc(F)c3)cn2n1. The van der Waals surface area contributed by atoms with E-state index in [1.54, 1.807) is 18.3 Å². The fraction of sp³-hybridized carbons (Fsp3) is 0.278. The van der Waals surface area contributed by atoms with Gasteiger partial charge in [-0.15, -0.1) is 5.10 Å². The molecule has 3 aromatic rings. The maximum atomic E-state index is 13.4. The Labute approximate surface area is 153 Å². The lowest BCUT2D eigenvalue weighted by atomic mass is 10.1. The van der Waals surface area contributed by atoms with Crippen molar-refractivity contribution in [1.29, 1.82) is 0 Å². The van der Waals surface area contributed by atoms with Crippen molar-refractivity contribution in [1.82, 2.24) is 19.5 Å². The Hall–Kier alpha value is -2.91. The predicted octanol–water partition coefficient (Wildman–Crippen LogP) is 1.95. The van der Waals surface area contributed by atoms with Gasteiger partial charge in [0.25, 0.3) is 0 Å². The number of hydrogen-bond acceptors (Lipinski definition) is 5. The van der Waals surface area contributed by atoms with Crippen molar-refractivity contribution in [3.05, 3.63) is 48.2 Å². The number of pyridine rings is 1. The van der Waals surface area contributed by atoms with Gasteiger partial charge in [-0.2, -0.15) is 4.98 Å². The molecule has 1 fully saturated rings. The number of morpholine rings is 1. The molecule has 0 radical (unpaired) electrons. The van der Waals surface area contributed by atoms with Gasteiger partial charge in [-0.3, -0.25) is 15.0 Å². The highest BCUT2D eigenvalue weighted by molar-refractivity contribution is 5.90. The van der Waals surface area contributed by atoms with Crippen LogP contribution in [0.15, 0.2) is 36.5 Å². The minimum absolute atomic E-state index is 0.177. The van der Waals surface area contributed by atoms with E-state index in [0.717, 1.165) is 6.07 Å². The predicted molar refractivity (Wildman–Crippen MR) is 94.2 cm³/mol. The van der Waals surface area contributed by atoms with Gasteiger partial charge in [-0.1, -0.05) is 0 Å². The molecule has 27 heavy (non-hydrogen) atoms. The number of nitrogens with zero attached hydrogens (tertiary/aromatic N) is 4. The molecular formula is C18H17F2N5O2. The third-order valence-corrected chi connectivity index (χ3v) is 4.25. The van der Waals surface area contributed by atoms with Crippen LogP contribution in [0.5, 0.6) is 0 Å². The summed E-state index contributed by atoms with van der Waals surface area (Å²) in [4.78, 5) is 18.4. The van der Waals surface area contributed by atoms with Crippen molar-refractivity contribution in [3.63, 3.8) is 0 Å². The minimum Gasteiger partial charge on any atom is -0.379 e. The molecule has 0 aliphatic carbocycles. The summed E-state index contributed by atoms with van der Waals surface area (Å²) in [6.07, 6.45) is 1.61. The molecule has 2 aromatic heterocycles. The number of anilines is 1. The quantitative estimate of drug-likeness (QED) is 0.757. The Balaban J connectivity index is 1.51. The van der Waals surface area contributed by atoms with Crippen LogP contribution in [0.1, 0.15) is 0 Å². The van der Waals surface area contributed by atoms with Crippen molar-refractivity contribution in [2.45, 2.75) is 0 Å². The first-order chi connectivity index (χ1) is 13.1. The largest absolute Gasteiger partial charge is 0.379 e. The highest BCUT2D eigenvalue weighted by atomic mass is 19.1. The fourth-order valence-electron chi connectivity index (χ4n) is 2.95. The van der Waals surface area contributed by atoms with Crippen molar-refractivity contribution >= 4 is 17.5 Å². The van der Waals surface area contributed by atoms with E-state index in [-0.39, 0.29) is 18.4 Å². The Kier molecular flexibility index (Phi) is 4.78. The van der Waals surface area contributed by atoms with Gasteiger partial charge in [0.15, 0.2) is 5.65 Å². The van der Waals surface area contributed by atoms with Crippen LogP contribution in [0.3, 0.4) is 0 Å². The van der Waals surface area contributed by atoms with Gasteiger partial charge in [0.05, 0.1) is 19.8 Å². The van der Waals surface area contributed by atoms with Crippen LogP contribution in [0, 0.1) is 11.6 Å². The molecular weight excluding hydrogens is 356 g/mol. The fourth-order valence-corrected chi connectivity index (χ4v) is 2.95. The van der Waals surface area contributed by atoms with Crippen molar-refractivity contribution in [3.8, 4) is 11.1 Å². The lowest BCUT2D eigenvalue weighted by molar-refractivity contribution is -0.118. The van der Waals surface area contributed by atoms with Crippen molar-refractivity contribution < 1.29 is 18.3 Å². The van der Waals surface area contributed by atoms with Gasteiger partial charge < -0.3 is 4.74 Å². The Morgan fingerprint density at radius 2 is 1.85 bits per heavy atom. The van der Waals surface area contributed by atoms with Crippen LogP contribution in [0.2, 0.25) is 0 Å². The van der Waals surface area contributed by atoms with Gasteiger partial charge in [0, 0.05) is 30.9 Å². The van der Waals surface area contributed by atoms with Gasteiger partial charge in [0.2, 0.25) is 11.9 Å². The molecule has 0 unspecified atom stereocenters. The third kappa shape index (κ3) is 4.09. The standard InChI is InChI=1S/C18H17F2N5O2/c19-14-7-13(8-15(20)9-14)12-1-2-16-21-18(23-25(16)10-12)22-17(26)11-24-3-5-27-6-4-24/h1-2,7-10H,3-6,11H2,(H,22,23,26). The smallest absolute Gasteiger partial charge is 0.249 e. The summed E-state index contributed by atoms with van der Waals surface area (Å²) < 4.78 is 33.6. The summed E-state index contributed by atoms with van der Waals surface area (Å²) in [5, 5.41) is 6.89. The third-order valence-electron chi connectivity index (χ3n) is 4.25. The zero-order chi connectivity index (χ0) is 18.8. The number of amides is 1. The topological polar surface area (TPSA) is 71.8 Å². The number of ether oxygens (including phenoxy) is 1. The van der Waals surface area contributed by atoms with Crippen LogP contribution >= 0.6 is 0 Å². The molecule has 9 heteroatoms. The zero-order valence-corrected chi connectivity index (χ0v) is 14.4. The van der Waals surface area contributed by atoms with E-state index >= 15 is 0 Å². The summed E-state index contributed by atoms with van der Waals surface area (Å²) in [7, 11) is 0. The average molecular weight is 373 g/mol. The van der Waals surface area contributed by atoms with Crippen molar-refractivity contribution in [2.24, 2.45) is 0 Å². The van der Waals surface area contributed by atoms with E-state index in [2.05, 4.69) is 15.4 Å². The van der Waals surface area contributed by atoms with Gasteiger partial charge in [-0.25, -0.2) is 13.3 Å². The van der Waals surface area contributed by atoms with E-state index in [4.69, 9.17) is 4.74 Å². The molecule has 4 rings (SSSR count). The summed E-state index contributed by atoms with van der Waals surface area (Å²) in [6.45, 7) is 2.89. The second-order valence-corrected chi connectivity index (χ2v) is 6.25. The Morgan fingerprint density at radius 1 is 1.11 bits per heavy atom. The molecule has 1 aliphatic rings. The van der Waals surface area contributed by atoms with Crippen LogP contribution in [-0.2, 0) is 9.53 Å². The van der Waals surface area contributed by atoms with E-state index in [9.17, 15) is 13.6 Å². The molecule has 1 aromatic carbocycles. The van der Waals surface area contributed by atoms with E-state index in [1.165, 1.54) is 16.6 Å². The monoisotopic (exact) mass is 373 g/mol. The summed E-state index contributed by atoms with van der Waals surface area (Å²) in [5.74, 6) is -1.34. The van der Waals surface area contributed by atoms with E-state index < -0.39 is 11.6 Å². The molecule has 1 saturated heterocycles. The molecule has 0 atom stereocenters. The minimum atomic E-state index is -0.653. The second-order valence-electron chi connectivity index (χ2n) is 6.25. The van der Waals surface area contributed by atoms with Crippen molar-refractivity contribution in [2.75, 3.05) is 38.2 Å². The molecule has 1 aliphatic heterocycles. The number of nitrogens with one attached hydrogen (secondary N) is 1. The highest BCUT2D eigenvalue weighted by Gasteiger charge is 2.16. The maximum Gasteiger partial charge on any atom is 0.249 e. The molecule has 0 saturated carbocycles. The molecule has 140 valence electrons. The summed E-state index contributed by atoms with van der Waals surface area (Å²) in [6, 6.07) is 6.67. The Morgan fingerprint density at radius 3 is 2.59 bits per heavy atom. The summed E-state index contributed by atoms with van der Waals surface area (Å²) in [5.41, 5.74) is 1.48. The second kappa shape index (κ2) is 7.37. The molecule has 7 nitrogen and oxygen atoms in total. The Bertz CT molecular complexity index is 965. The van der Waals surface area contributed by atoms with Crippen LogP contribution in [0.4, 0.5) is 14.7 Å². The molecule has 1 N–H and O–H groups in total.